The van der Waals surface area contributed by atoms with E-state index >= 15 is 0 Å². The Bertz CT molecular complexity index is 824. The highest BCUT2D eigenvalue weighted by Gasteiger charge is 2.61. The summed E-state index contributed by atoms with van der Waals surface area (Å²) < 4.78 is 24.0. The Balaban J connectivity index is 1.47. The van der Waals surface area contributed by atoms with Crippen molar-refractivity contribution in [1.29, 1.82) is 0 Å². The number of nitrogens with zero attached hydrogens (tertiary/aromatic N) is 1. The molecule has 2 aliphatic rings. The zero-order valence-electron chi connectivity index (χ0n) is 18.2. The second kappa shape index (κ2) is 10.4. The van der Waals surface area contributed by atoms with Crippen molar-refractivity contribution in [3.63, 3.8) is 0 Å². The van der Waals surface area contributed by atoms with Gasteiger partial charge in [0.1, 0.15) is 12.0 Å². The highest BCUT2D eigenvalue weighted by atomic mass is 16.7. The summed E-state index contributed by atoms with van der Waals surface area (Å²) in [6.07, 6.45) is -0.431. The van der Waals surface area contributed by atoms with Crippen molar-refractivity contribution in [3.8, 4) is 0 Å². The van der Waals surface area contributed by atoms with Crippen molar-refractivity contribution < 1.29 is 23.7 Å². The third-order valence-corrected chi connectivity index (χ3v) is 5.90. The Labute approximate surface area is 184 Å². The first-order valence-corrected chi connectivity index (χ1v) is 11.1. The Morgan fingerprint density at radius 1 is 0.871 bits per heavy atom. The highest BCUT2D eigenvalue weighted by Crippen LogP contribution is 2.44. The normalized spacial score (nSPS) is 25.0. The Morgan fingerprint density at radius 2 is 1.42 bits per heavy atom. The molecule has 0 radical (unpaired) electrons. The van der Waals surface area contributed by atoms with Crippen LogP contribution in [0.4, 0.5) is 0 Å². The maximum Gasteiger partial charge on any atom is 0.235 e. The first kappa shape index (κ1) is 22.0. The van der Waals surface area contributed by atoms with Gasteiger partial charge in [0.05, 0.1) is 19.3 Å². The summed E-state index contributed by atoms with van der Waals surface area (Å²) in [6, 6.07) is 20.1. The van der Waals surface area contributed by atoms with E-state index in [1.165, 1.54) is 0 Å². The van der Waals surface area contributed by atoms with Gasteiger partial charge >= 0.3 is 0 Å². The first-order valence-electron chi connectivity index (χ1n) is 11.1. The van der Waals surface area contributed by atoms with Crippen LogP contribution >= 0.6 is 0 Å². The minimum absolute atomic E-state index is 0.00264. The zero-order chi connectivity index (χ0) is 21.6. The van der Waals surface area contributed by atoms with E-state index in [0.717, 1.165) is 11.1 Å². The van der Waals surface area contributed by atoms with Crippen molar-refractivity contribution in [2.75, 3.05) is 13.2 Å². The minimum atomic E-state index is -0.522. The summed E-state index contributed by atoms with van der Waals surface area (Å²) in [5.41, 5.74) is 2.17. The van der Waals surface area contributed by atoms with E-state index in [9.17, 15) is 4.79 Å². The van der Waals surface area contributed by atoms with E-state index in [1.54, 1.807) is 0 Å². The summed E-state index contributed by atoms with van der Waals surface area (Å²) >= 11 is 0. The molecule has 4 rings (SSSR count). The van der Waals surface area contributed by atoms with Crippen LogP contribution in [0.1, 0.15) is 31.4 Å². The molecule has 0 unspecified atom stereocenters. The molecule has 2 aromatic carbocycles. The number of hydrogen-bond acceptors (Lipinski definition) is 5. The maximum atomic E-state index is 13.1. The van der Waals surface area contributed by atoms with Crippen LogP contribution in [0.25, 0.3) is 0 Å². The van der Waals surface area contributed by atoms with Gasteiger partial charge in [-0.2, -0.15) is 0 Å². The molecule has 2 aromatic rings. The molecule has 31 heavy (non-hydrogen) atoms. The largest absolute Gasteiger partial charge is 0.369 e. The number of β-lactam (4-membered cyclic amide) rings is 1. The number of amides is 1. The van der Waals surface area contributed by atoms with E-state index < -0.39 is 12.5 Å². The minimum Gasteiger partial charge on any atom is -0.369 e. The molecule has 6 heteroatoms. The average molecular weight is 426 g/mol. The second-order valence-corrected chi connectivity index (χ2v) is 7.88. The van der Waals surface area contributed by atoms with Crippen molar-refractivity contribution in [3.05, 3.63) is 71.8 Å². The molecule has 4 atom stereocenters. The lowest BCUT2D eigenvalue weighted by Crippen LogP contribution is -2.65. The van der Waals surface area contributed by atoms with Gasteiger partial charge in [0.2, 0.25) is 5.91 Å². The van der Waals surface area contributed by atoms with Crippen LogP contribution in [0.15, 0.2) is 60.7 Å². The number of carbonyl (C=O) groups excluding carboxylic acids is 1. The molecule has 0 saturated carbocycles. The fourth-order valence-corrected chi connectivity index (χ4v) is 4.45. The van der Waals surface area contributed by atoms with Gasteiger partial charge in [0.25, 0.3) is 0 Å². The molecule has 1 amide bonds. The summed E-state index contributed by atoms with van der Waals surface area (Å²) in [5.74, 6) is -0.297. The number of carbonyl (C=O) groups is 1. The molecular weight excluding hydrogens is 394 g/mol. The van der Waals surface area contributed by atoms with Crippen LogP contribution < -0.4 is 0 Å². The maximum absolute atomic E-state index is 13.1. The van der Waals surface area contributed by atoms with E-state index in [-0.39, 0.29) is 24.0 Å². The standard InChI is InChI=1S/C25H31NO5/c1-3-28-25(29-4-2)22-20-15-21(30-16-18-11-7-5-8-12-18)24(26(20)23(22)27)31-17-19-13-9-6-10-14-19/h5-14,20-22,24-25H,3-4,15-17H2,1-2H3/t20-,21+,22+,24+/m1/s1. The third-order valence-electron chi connectivity index (χ3n) is 5.90. The Hall–Kier alpha value is -2.25. The van der Waals surface area contributed by atoms with E-state index in [0.29, 0.717) is 32.8 Å². The number of rotatable bonds is 11. The molecule has 2 saturated heterocycles. The van der Waals surface area contributed by atoms with Gasteiger partial charge in [-0.3, -0.25) is 4.79 Å². The molecule has 0 aliphatic carbocycles. The quantitative estimate of drug-likeness (QED) is 0.405. The predicted octanol–water partition coefficient (Wildman–Crippen LogP) is 3.74. The molecule has 2 heterocycles. The average Bonchev–Trinajstić information content (AvgIpc) is 3.11. The summed E-state index contributed by atoms with van der Waals surface area (Å²) in [6.45, 7) is 5.75. The number of ether oxygens (including phenoxy) is 4. The van der Waals surface area contributed by atoms with E-state index in [2.05, 4.69) is 0 Å². The Kier molecular flexibility index (Phi) is 7.35. The van der Waals surface area contributed by atoms with Gasteiger partial charge < -0.3 is 23.8 Å². The monoisotopic (exact) mass is 425 g/mol. The van der Waals surface area contributed by atoms with Crippen molar-refractivity contribution >= 4 is 5.91 Å². The third kappa shape index (κ3) is 4.83. The van der Waals surface area contributed by atoms with Crippen LogP contribution in [0.2, 0.25) is 0 Å². The van der Waals surface area contributed by atoms with Gasteiger partial charge in [0, 0.05) is 13.2 Å². The van der Waals surface area contributed by atoms with Gasteiger partial charge in [-0.25, -0.2) is 0 Å². The molecule has 6 nitrogen and oxygen atoms in total. The molecule has 2 aliphatic heterocycles. The smallest absolute Gasteiger partial charge is 0.235 e. The van der Waals surface area contributed by atoms with Crippen LogP contribution in [0.3, 0.4) is 0 Å². The fraction of sp³-hybridized carbons (Fsp3) is 0.480. The van der Waals surface area contributed by atoms with E-state index in [1.807, 2.05) is 79.4 Å². The van der Waals surface area contributed by atoms with Crippen molar-refractivity contribution in [2.24, 2.45) is 5.92 Å². The summed E-state index contributed by atoms with van der Waals surface area (Å²) in [7, 11) is 0. The summed E-state index contributed by atoms with van der Waals surface area (Å²) in [4.78, 5) is 14.9. The number of hydrogen-bond donors (Lipinski definition) is 0. The number of fused-ring (bicyclic) bond motifs is 1. The highest BCUT2D eigenvalue weighted by molar-refractivity contribution is 5.87. The number of benzene rings is 2. The molecule has 166 valence electrons. The van der Waals surface area contributed by atoms with Gasteiger partial charge in [-0.15, -0.1) is 0 Å². The molecular formula is C25H31NO5. The van der Waals surface area contributed by atoms with Gasteiger partial charge in [-0.05, 0) is 31.4 Å². The lowest BCUT2D eigenvalue weighted by molar-refractivity contribution is -0.225. The first-order chi connectivity index (χ1) is 15.2. The molecule has 0 aromatic heterocycles. The molecule has 0 spiro atoms. The topological polar surface area (TPSA) is 57.2 Å². The van der Waals surface area contributed by atoms with Crippen LogP contribution in [0.5, 0.6) is 0 Å². The van der Waals surface area contributed by atoms with Crippen LogP contribution in [0, 0.1) is 5.92 Å². The van der Waals surface area contributed by atoms with Gasteiger partial charge in [-0.1, -0.05) is 60.7 Å². The van der Waals surface area contributed by atoms with Crippen molar-refractivity contribution in [2.45, 2.75) is 58.1 Å². The lowest BCUT2D eigenvalue weighted by Gasteiger charge is -2.47. The molecule has 0 bridgehead atoms. The molecule has 2 fully saturated rings. The van der Waals surface area contributed by atoms with E-state index in [4.69, 9.17) is 18.9 Å². The fourth-order valence-electron chi connectivity index (χ4n) is 4.45. The van der Waals surface area contributed by atoms with Crippen LogP contribution in [-0.2, 0) is 37.0 Å². The van der Waals surface area contributed by atoms with Gasteiger partial charge in [0.15, 0.2) is 12.5 Å². The van der Waals surface area contributed by atoms with Crippen LogP contribution in [-0.4, -0.2) is 48.7 Å². The lowest BCUT2D eigenvalue weighted by atomic mass is 9.87. The summed E-state index contributed by atoms with van der Waals surface area (Å²) in [5, 5.41) is 0. The van der Waals surface area contributed by atoms with Crippen molar-refractivity contribution in [1.82, 2.24) is 4.90 Å². The Morgan fingerprint density at radius 3 is 1.97 bits per heavy atom. The predicted molar refractivity (Wildman–Crippen MR) is 116 cm³/mol. The second-order valence-electron chi connectivity index (χ2n) is 7.88. The zero-order valence-corrected chi connectivity index (χ0v) is 18.2. The molecule has 0 N–H and O–H groups in total. The SMILES string of the molecule is CCOC(OCC)[C@@H]1C(=O)N2[C@@H]1C[C@H](OCc1ccccc1)[C@@H]2OCc1ccccc1.